The Kier molecular flexibility index (Phi) is 7.07. The first kappa shape index (κ1) is 22.9. The molecule has 1 saturated heterocycles. The first-order valence-electron chi connectivity index (χ1n) is 10.2. The normalized spacial score (nSPS) is 24.0. The summed E-state index contributed by atoms with van der Waals surface area (Å²) in [6, 6.07) is 4.89. The van der Waals surface area contributed by atoms with Crippen molar-refractivity contribution in [3.05, 3.63) is 35.6 Å². The van der Waals surface area contributed by atoms with Gasteiger partial charge >= 0.3 is 12.1 Å². The summed E-state index contributed by atoms with van der Waals surface area (Å²) in [6.07, 6.45) is 3.49. The number of allylic oxidation sites excluding steroid dienone is 1. The maximum atomic E-state index is 12.2. The van der Waals surface area contributed by atoms with Gasteiger partial charge in [-0.1, -0.05) is 6.07 Å². The predicted octanol–water partition coefficient (Wildman–Crippen LogP) is 2.15. The summed E-state index contributed by atoms with van der Waals surface area (Å²) in [7, 11) is 6.65. The number of carboxylic acid groups (broad SMARTS) is 1. The van der Waals surface area contributed by atoms with E-state index < -0.39 is 18.1 Å². The molecular weight excluding hydrogens is 404 g/mol. The van der Waals surface area contributed by atoms with E-state index in [1.54, 1.807) is 14.2 Å². The number of carbonyl (C=O) groups is 2. The number of benzene rings is 1. The molecule has 0 saturated carbocycles. The fourth-order valence-corrected chi connectivity index (χ4v) is 4.57. The fraction of sp³-hybridized carbons (Fsp3) is 0.545. The maximum absolute atomic E-state index is 12.2. The van der Waals surface area contributed by atoms with Crippen LogP contribution in [0.1, 0.15) is 24.8 Å². The average Bonchev–Trinajstić information content (AvgIpc) is 3.10. The molecule has 1 aliphatic heterocycles. The summed E-state index contributed by atoms with van der Waals surface area (Å²) in [5, 5.41) is 11.5. The Labute approximate surface area is 181 Å². The lowest BCUT2D eigenvalue weighted by Gasteiger charge is -2.40. The van der Waals surface area contributed by atoms with Crippen molar-refractivity contribution < 1.29 is 33.6 Å². The van der Waals surface area contributed by atoms with E-state index in [4.69, 9.17) is 24.1 Å². The van der Waals surface area contributed by atoms with Gasteiger partial charge in [0.25, 0.3) is 0 Å². The Morgan fingerprint density at radius 3 is 2.61 bits per heavy atom. The highest BCUT2D eigenvalue weighted by atomic mass is 16.6. The number of methoxy groups -OCH3 is 3. The van der Waals surface area contributed by atoms with Crippen LogP contribution in [-0.4, -0.2) is 75.7 Å². The highest BCUT2D eigenvalue weighted by Gasteiger charge is 2.48. The maximum Gasteiger partial charge on any atom is 0.413 e. The number of nitrogens with zero attached hydrogens (tertiary/aromatic N) is 1. The van der Waals surface area contributed by atoms with Crippen LogP contribution >= 0.6 is 0 Å². The van der Waals surface area contributed by atoms with E-state index >= 15 is 0 Å². The van der Waals surface area contributed by atoms with Crippen molar-refractivity contribution in [1.82, 2.24) is 10.2 Å². The van der Waals surface area contributed by atoms with E-state index in [1.807, 2.05) is 25.3 Å². The van der Waals surface area contributed by atoms with Gasteiger partial charge in [0.1, 0.15) is 5.76 Å². The Morgan fingerprint density at radius 2 is 1.97 bits per heavy atom. The van der Waals surface area contributed by atoms with Crippen LogP contribution in [0.3, 0.4) is 0 Å². The molecule has 1 aromatic rings. The van der Waals surface area contributed by atoms with Crippen LogP contribution in [0.5, 0.6) is 11.5 Å². The topological polar surface area (TPSA) is 107 Å². The number of nitrogens with one attached hydrogen (secondary N) is 1. The van der Waals surface area contributed by atoms with Crippen molar-refractivity contribution >= 4 is 12.1 Å². The number of alkyl carbamates (subject to hydrolysis) is 1. The molecule has 170 valence electrons. The minimum absolute atomic E-state index is 0.0383. The second-order valence-electron chi connectivity index (χ2n) is 7.91. The van der Waals surface area contributed by atoms with Crippen molar-refractivity contribution in [3.63, 3.8) is 0 Å². The molecule has 3 rings (SSSR count). The van der Waals surface area contributed by atoms with Crippen molar-refractivity contribution in [2.45, 2.75) is 36.8 Å². The molecule has 9 nitrogen and oxygen atoms in total. The van der Waals surface area contributed by atoms with Gasteiger partial charge in [0.2, 0.25) is 0 Å². The monoisotopic (exact) mass is 434 g/mol. The van der Waals surface area contributed by atoms with E-state index in [0.717, 1.165) is 24.9 Å². The molecule has 31 heavy (non-hydrogen) atoms. The lowest BCUT2D eigenvalue weighted by molar-refractivity contribution is -0.140. The summed E-state index contributed by atoms with van der Waals surface area (Å²) in [5.41, 5.74) is 1.03. The minimum atomic E-state index is -1.18. The number of carboxylic acids is 1. The molecule has 0 bridgehead atoms. The number of likely N-dealkylation sites (N-methyl/N-ethyl adjacent to an activating group) is 1. The van der Waals surface area contributed by atoms with Crippen LogP contribution in [0.4, 0.5) is 4.79 Å². The fourth-order valence-electron chi connectivity index (χ4n) is 4.57. The van der Waals surface area contributed by atoms with Gasteiger partial charge in [-0.25, -0.2) is 9.59 Å². The van der Waals surface area contributed by atoms with Crippen LogP contribution in [0.25, 0.3) is 0 Å². The number of aliphatic carboxylic acids is 1. The van der Waals surface area contributed by atoms with Gasteiger partial charge < -0.3 is 29.4 Å². The molecule has 3 atom stereocenters. The molecule has 9 heteroatoms. The zero-order chi connectivity index (χ0) is 22.6. The summed E-state index contributed by atoms with van der Waals surface area (Å²) >= 11 is 0. The molecule has 2 aliphatic rings. The largest absolute Gasteiger partial charge is 0.493 e. The van der Waals surface area contributed by atoms with E-state index in [9.17, 15) is 9.59 Å². The Hall–Kier alpha value is -2.78. The highest BCUT2D eigenvalue weighted by Crippen LogP contribution is 2.49. The lowest BCUT2D eigenvalue weighted by Crippen LogP contribution is -2.45. The molecule has 0 aromatic heterocycles. The second-order valence-corrected chi connectivity index (χ2v) is 7.91. The summed E-state index contributed by atoms with van der Waals surface area (Å²) in [6.45, 7) is 0.765. The summed E-state index contributed by atoms with van der Waals surface area (Å²) in [4.78, 5) is 25.7. The number of hydrogen-bond acceptors (Lipinski definition) is 7. The van der Waals surface area contributed by atoms with Crippen LogP contribution in [0, 0.1) is 0 Å². The van der Waals surface area contributed by atoms with Crippen LogP contribution < -0.4 is 14.8 Å². The Morgan fingerprint density at radius 1 is 1.23 bits per heavy atom. The Balaban J connectivity index is 1.80. The standard InChI is InChI=1S/C22H30N2O7/c1-24-10-9-22(14-5-6-17(29-3)18(11-14)30-4)8-7-15(12-19(22)24)31-21(27)23-16(13-28-2)20(25)26/h5-6,11-12,16,19H,7-10,13H2,1-4H3,(H,23,27)(H,25,26)/t16-,19?,22?/m1/s1. The number of carbonyl (C=O) groups excluding carboxylic acids is 1. The smallest absolute Gasteiger partial charge is 0.413 e. The van der Waals surface area contributed by atoms with Gasteiger partial charge in [-0.15, -0.1) is 0 Å². The number of ether oxygens (including phenoxy) is 4. The number of amides is 1. The quantitative estimate of drug-likeness (QED) is 0.641. The predicted molar refractivity (Wildman–Crippen MR) is 112 cm³/mol. The van der Waals surface area contributed by atoms with Gasteiger partial charge in [-0.3, -0.25) is 4.90 Å². The first-order valence-corrected chi connectivity index (χ1v) is 10.2. The van der Waals surface area contributed by atoms with E-state index in [1.165, 1.54) is 7.11 Å². The molecule has 1 amide bonds. The minimum Gasteiger partial charge on any atom is -0.493 e. The molecule has 2 unspecified atom stereocenters. The SMILES string of the molecule is COC[C@@H](NC(=O)OC1=CC2N(C)CCC2(c2ccc(OC)c(OC)c2)CC1)C(=O)O. The van der Waals surface area contributed by atoms with Gasteiger partial charge in [0.05, 0.1) is 20.8 Å². The third-order valence-corrected chi connectivity index (χ3v) is 6.22. The number of rotatable bonds is 8. The van der Waals surface area contributed by atoms with Crippen molar-refractivity contribution in [2.75, 3.05) is 41.5 Å². The van der Waals surface area contributed by atoms with E-state index in [2.05, 4.69) is 16.3 Å². The molecule has 0 spiro atoms. The summed E-state index contributed by atoms with van der Waals surface area (Å²) in [5.74, 6) is 0.723. The third kappa shape index (κ3) is 4.62. The van der Waals surface area contributed by atoms with Gasteiger partial charge in [-0.05, 0) is 50.2 Å². The number of likely N-dealkylation sites (tertiary alicyclic amines) is 1. The first-order chi connectivity index (χ1) is 14.8. The van der Waals surface area contributed by atoms with Gasteiger partial charge in [0.15, 0.2) is 17.5 Å². The third-order valence-electron chi connectivity index (χ3n) is 6.22. The van der Waals surface area contributed by atoms with Crippen molar-refractivity contribution in [2.24, 2.45) is 0 Å². The zero-order valence-electron chi connectivity index (χ0n) is 18.3. The molecule has 1 aliphatic carbocycles. The van der Waals surface area contributed by atoms with Crippen LogP contribution in [0.2, 0.25) is 0 Å². The highest BCUT2D eigenvalue weighted by molar-refractivity contribution is 5.80. The van der Waals surface area contributed by atoms with Crippen molar-refractivity contribution in [1.29, 1.82) is 0 Å². The molecular formula is C22H30N2O7. The average molecular weight is 434 g/mol. The van der Waals surface area contributed by atoms with Gasteiger partial charge in [0, 0.05) is 25.0 Å². The van der Waals surface area contributed by atoms with E-state index in [-0.39, 0.29) is 18.1 Å². The zero-order valence-corrected chi connectivity index (χ0v) is 18.3. The number of fused-ring (bicyclic) bond motifs is 1. The Bertz CT molecular complexity index is 856. The second kappa shape index (κ2) is 9.57. The molecule has 1 fully saturated rings. The number of hydrogen-bond donors (Lipinski definition) is 2. The molecule has 0 radical (unpaired) electrons. The lowest BCUT2D eigenvalue weighted by atomic mass is 9.68. The van der Waals surface area contributed by atoms with E-state index in [0.29, 0.717) is 23.7 Å². The van der Waals surface area contributed by atoms with Crippen LogP contribution in [0.15, 0.2) is 30.0 Å². The molecule has 1 aromatic carbocycles. The summed E-state index contributed by atoms with van der Waals surface area (Å²) < 4.78 is 21.2. The van der Waals surface area contributed by atoms with Crippen molar-refractivity contribution in [3.8, 4) is 11.5 Å². The van der Waals surface area contributed by atoms with Gasteiger partial charge in [-0.2, -0.15) is 0 Å². The molecule has 2 N–H and O–H groups in total. The molecule has 1 heterocycles. The van der Waals surface area contributed by atoms with Crippen LogP contribution in [-0.2, 0) is 19.7 Å².